The van der Waals surface area contributed by atoms with Gasteiger partial charge in [-0.3, -0.25) is 4.79 Å². The largest absolute Gasteiger partial charge is 0.493 e. The minimum absolute atomic E-state index is 0.267. The van der Waals surface area contributed by atoms with Crippen molar-refractivity contribution in [1.82, 2.24) is 0 Å². The molecule has 1 amide bonds. The van der Waals surface area contributed by atoms with Gasteiger partial charge in [-0.2, -0.15) is 0 Å². The maximum atomic E-state index is 12.1. The van der Waals surface area contributed by atoms with Gasteiger partial charge in [0.25, 0.3) is 0 Å². The van der Waals surface area contributed by atoms with Gasteiger partial charge in [0, 0.05) is 6.08 Å². The van der Waals surface area contributed by atoms with E-state index in [1.807, 2.05) is 60.7 Å². The summed E-state index contributed by atoms with van der Waals surface area (Å²) in [5, 5.41) is 3.24. The Morgan fingerprint density at radius 1 is 1.00 bits per heavy atom. The van der Waals surface area contributed by atoms with Crippen LogP contribution in [0.1, 0.15) is 11.1 Å². The Bertz CT molecular complexity index is 971. The number of hydrogen-bond acceptors (Lipinski definition) is 3. The summed E-state index contributed by atoms with van der Waals surface area (Å²) in [5.41, 5.74) is 2.46. The second-order valence-corrected chi connectivity index (χ2v) is 6.39. The Labute approximate surface area is 169 Å². The van der Waals surface area contributed by atoms with E-state index in [2.05, 4.69) is 5.32 Å². The van der Waals surface area contributed by atoms with Crippen molar-refractivity contribution in [3.05, 3.63) is 95.0 Å². The summed E-state index contributed by atoms with van der Waals surface area (Å²) in [7, 11) is 1.59. The van der Waals surface area contributed by atoms with Gasteiger partial charge >= 0.3 is 0 Å². The summed E-state index contributed by atoms with van der Waals surface area (Å²) in [5.74, 6) is 0.977. The van der Waals surface area contributed by atoms with Gasteiger partial charge in [0.1, 0.15) is 6.61 Å². The lowest BCUT2D eigenvalue weighted by Gasteiger charge is -2.11. The Kier molecular flexibility index (Phi) is 6.71. The first-order valence-electron chi connectivity index (χ1n) is 8.74. The van der Waals surface area contributed by atoms with E-state index in [1.54, 1.807) is 25.3 Å². The quantitative estimate of drug-likeness (QED) is 0.533. The number of methoxy groups -OCH3 is 1. The second-order valence-electron chi connectivity index (χ2n) is 5.99. The van der Waals surface area contributed by atoms with Crippen molar-refractivity contribution in [3.8, 4) is 11.5 Å². The zero-order valence-corrected chi connectivity index (χ0v) is 16.1. The molecule has 5 heteroatoms. The number of ether oxygens (including phenoxy) is 2. The molecule has 0 heterocycles. The van der Waals surface area contributed by atoms with E-state index >= 15 is 0 Å². The summed E-state index contributed by atoms with van der Waals surface area (Å²) in [6.45, 7) is 0.451. The van der Waals surface area contributed by atoms with Crippen LogP contribution in [0.15, 0.2) is 78.9 Å². The Morgan fingerprint density at radius 2 is 1.75 bits per heavy atom. The second kappa shape index (κ2) is 9.62. The molecule has 142 valence electrons. The van der Waals surface area contributed by atoms with Crippen molar-refractivity contribution in [1.29, 1.82) is 0 Å². The highest BCUT2D eigenvalue weighted by Crippen LogP contribution is 2.29. The third-order valence-electron chi connectivity index (χ3n) is 3.98. The van der Waals surface area contributed by atoms with Gasteiger partial charge in [-0.15, -0.1) is 0 Å². The minimum Gasteiger partial charge on any atom is -0.493 e. The van der Waals surface area contributed by atoms with E-state index in [-0.39, 0.29) is 5.91 Å². The number of benzene rings is 3. The third kappa shape index (κ3) is 5.38. The van der Waals surface area contributed by atoms with Crippen LogP contribution >= 0.6 is 11.6 Å². The summed E-state index contributed by atoms with van der Waals surface area (Å²) in [4.78, 5) is 12.1. The highest BCUT2D eigenvalue weighted by atomic mass is 35.5. The number of carbonyl (C=O) groups is 1. The fourth-order valence-electron chi connectivity index (χ4n) is 2.55. The number of nitrogens with one attached hydrogen (secondary N) is 1. The molecule has 0 aromatic heterocycles. The fourth-order valence-corrected chi connectivity index (χ4v) is 2.73. The topological polar surface area (TPSA) is 47.6 Å². The number of hydrogen-bond donors (Lipinski definition) is 1. The number of amides is 1. The lowest BCUT2D eigenvalue weighted by atomic mass is 10.2. The molecule has 4 nitrogen and oxygen atoms in total. The molecule has 0 bridgehead atoms. The molecule has 0 atom stereocenters. The normalized spacial score (nSPS) is 10.6. The minimum atomic E-state index is -0.267. The van der Waals surface area contributed by atoms with Crippen molar-refractivity contribution in [2.24, 2.45) is 0 Å². The number of rotatable bonds is 7. The average molecular weight is 394 g/mol. The lowest BCUT2D eigenvalue weighted by molar-refractivity contribution is -0.111. The van der Waals surface area contributed by atoms with Crippen molar-refractivity contribution < 1.29 is 14.3 Å². The SMILES string of the molecule is COc1cc(/C=C/C(=O)Nc2ccccc2Cl)ccc1OCc1ccccc1. The van der Waals surface area contributed by atoms with Gasteiger partial charge in [-0.05, 0) is 41.5 Å². The molecule has 0 unspecified atom stereocenters. The summed E-state index contributed by atoms with van der Waals surface area (Å²) < 4.78 is 11.3. The molecule has 1 N–H and O–H groups in total. The highest BCUT2D eigenvalue weighted by Gasteiger charge is 2.06. The summed E-state index contributed by atoms with van der Waals surface area (Å²) >= 11 is 6.05. The fraction of sp³-hybridized carbons (Fsp3) is 0.0870. The molecular weight excluding hydrogens is 374 g/mol. The van der Waals surface area contributed by atoms with Gasteiger partial charge in [0.15, 0.2) is 11.5 Å². The third-order valence-corrected chi connectivity index (χ3v) is 4.31. The summed E-state index contributed by atoms with van der Waals surface area (Å²) in [6, 6.07) is 22.5. The van der Waals surface area contributed by atoms with Crippen LogP contribution in [-0.2, 0) is 11.4 Å². The standard InChI is InChI=1S/C23H20ClNO3/c1-27-22-15-17(11-13-21(22)28-16-18-7-3-2-4-8-18)12-14-23(26)25-20-10-6-5-9-19(20)24/h2-15H,16H2,1H3,(H,25,26)/b14-12+. The van der Waals surface area contributed by atoms with Crippen LogP contribution in [0.4, 0.5) is 5.69 Å². The lowest BCUT2D eigenvalue weighted by Crippen LogP contribution is -2.07. The first-order chi connectivity index (χ1) is 13.7. The van der Waals surface area contributed by atoms with Crippen LogP contribution in [0.25, 0.3) is 6.08 Å². The zero-order valence-electron chi connectivity index (χ0n) is 15.4. The molecule has 3 rings (SSSR count). The number of para-hydroxylation sites is 1. The van der Waals surface area contributed by atoms with E-state index in [0.717, 1.165) is 11.1 Å². The van der Waals surface area contributed by atoms with E-state index in [0.29, 0.717) is 28.8 Å². The number of carbonyl (C=O) groups excluding carboxylic acids is 1. The van der Waals surface area contributed by atoms with Gasteiger partial charge in [0.2, 0.25) is 5.91 Å². The van der Waals surface area contributed by atoms with Gasteiger partial charge in [-0.1, -0.05) is 60.1 Å². The maximum absolute atomic E-state index is 12.1. The molecular formula is C23H20ClNO3. The molecule has 0 aliphatic heterocycles. The molecule has 0 spiro atoms. The summed E-state index contributed by atoms with van der Waals surface area (Å²) in [6.07, 6.45) is 3.15. The van der Waals surface area contributed by atoms with Crippen LogP contribution in [-0.4, -0.2) is 13.0 Å². The number of halogens is 1. The molecule has 0 saturated heterocycles. The van der Waals surface area contributed by atoms with Gasteiger partial charge in [0.05, 0.1) is 17.8 Å². The van der Waals surface area contributed by atoms with Crippen molar-refractivity contribution >= 4 is 29.3 Å². The predicted molar refractivity (Wildman–Crippen MR) is 113 cm³/mol. The van der Waals surface area contributed by atoms with Crippen LogP contribution < -0.4 is 14.8 Å². The molecule has 0 saturated carbocycles. The molecule has 28 heavy (non-hydrogen) atoms. The monoisotopic (exact) mass is 393 g/mol. The Hall–Kier alpha value is -3.24. The van der Waals surface area contributed by atoms with E-state index in [9.17, 15) is 4.79 Å². The highest BCUT2D eigenvalue weighted by molar-refractivity contribution is 6.33. The van der Waals surface area contributed by atoms with Crippen molar-refractivity contribution in [3.63, 3.8) is 0 Å². The maximum Gasteiger partial charge on any atom is 0.248 e. The van der Waals surface area contributed by atoms with Gasteiger partial charge < -0.3 is 14.8 Å². The van der Waals surface area contributed by atoms with E-state index < -0.39 is 0 Å². The van der Waals surface area contributed by atoms with Crippen LogP contribution in [0.5, 0.6) is 11.5 Å². The Balaban J connectivity index is 1.65. The molecule has 0 radical (unpaired) electrons. The average Bonchev–Trinajstić information content (AvgIpc) is 2.73. The molecule has 0 aliphatic carbocycles. The van der Waals surface area contributed by atoms with Gasteiger partial charge in [-0.25, -0.2) is 0 Å². The van der Waals surface area contributed by atoms with Crippen molar-refractivity contribution in [2.75, 3.05) is 12.4 Å². The molecule has 0 fully saturated rings. The van der Waals surface area contributed by atoms with Crippen molar-refractivity contribution in [2.45, 2.75) is 6.61 Å². The van der Waals surface area contributed by atoms with E-state index in [4.69, 9.17) is 21.1 Å². The first kappa shape index (κ1) is 19.5. The predicted octanol–water partition coefficient (Wildman–Crippen LogP) is 5.58. The van der Waals surface area contributed by atoms with Crippen LogP contribution in [0.3, 0.4) is 0 Å². The Morgan fingerprint density at radius 3 is 2.50 bits per heavy atom. The molecule has 3 aromatic carbocycles. The molecule has 0 aliphatic rings. The molecule has 3 aromatic rings. The van der Waals surface area contributed by atoms with Crippen LogP contribution in [0.2, 0.25) is 5.02 Å². The number of anilines is 1. The zero-order chi connectivity index (χ0) is 19.8. The van der Waals surface area contributed by atoms with E-state index in [1.165, 1.54) is 6.08 Å². The smallest absolute Gasteiger partial charge is 0.248 e. The first-order valence-corrected chi connectivity index (χ1v) is 9.12. The van der Waals surface area contributed by atoms with Crippen LogP contribution in [0, 0.1) is 0 Å².